The molecule has 1 aliphatic rings. The second kappa shape index (κ2) is 7.81. The average Bonchev–Trinajstić information content (AvgIpc) is 2.25. The average molecular weight is 193 g/mol. The van der Waals surface area contributed by atoms with Crippen molar-refractivity contribution in [2.45, 2.75) is 45.4 Å². The maximum Gasteiger partial charge on any atom is -0.00142 e. The van der Waals surface area contributed by atoms with Crippen molar-refractivity contribution in [3.8, 4) is 0 Å². The summed E-state index contributed by atoms with van der Waals surface area (Å²) >= 11 is 0. The van der Waals surface area contributed by atoms with E-state index < -0.39 is 0 Å². The lowest BCUT2D eigenvalue weighted by Gasteiger charge is -2.07. The fraction of sp³-hybridized carbons (Fsp3) is 0.692. The Morgan fingerprint density at radius 2 is 2.29 bits per heavy atom. The van der Waals surface area contributed by atoms with Crippen LogP contribution in [0.2, 0.25) is 0 Å². The summed E-state index contributed by atoms with van der Waals surface area (Å²) in [5, 5.41) is 3.40. The van der Waals surface area contributed by atoms with Crippen LogP contribution < -0.4 is 5.32 Å². The van der Waals surface area contributed by atoms with Gasteiger partial charge in [0.15, 0.2) is 0 Å². The molecule has 14 heavy (non-hydrogen) atoms. The zero-order valence-electron chi connectivity index (χ0n) is 9.39. The molecule has 1 N–H and O–H groups in total. The van der Waals surface area contributed by atoms with Gasteiger partial charge < -0.3 is 5.32 Å². The van der Waals surface area contributed by atoms with Crippen LogP contribution in [0.25, 0.3) is 0 Å². The third kappa shape index (κ3) is 5.23. The molecular weight excluding hydrogens is 170 g/mol. The Morgan fingerprint density at radius 1 is 1.36 bits per heavy atom. The van der Waals surface area contributed by atoms with Crippen molar-refractivity contribution < 1.29 is 0 Å². The summed E-state index contributed by atoms with van der Waals surface area (Å²) in [5.41, 5.74) is 1.55. The molecule has 0 radical (unpaired) electrons. The van der Waals surface area contributed by atoms with E-state index in [0.717, 1.165) is 19.5 Å². The van der Waals surface area contributed by atoms with Gasteiger partial charge in [-0.2, -0.15) is 0 Å². The number of hydrogen-bond acceptors (Lipinski definition) is 1. The summed E-state index contributed by atoms with van der Waals surface area (Å²) in [6.45, 7) is 4.48. The van der Waals surface area contributed by atoms with Gasteiger partial charge in [0.05, 0.1) is 0 Å². The summed E-state index contributed by atoms with van der Waals surface area (Å²) < 4.78 is 0. The van der Waals surface area contributed by atoms with Gasteiger partial charge in [-0.15, -0.1) is 0 Å². The number of hydrogen-bond donors (Lipinski definition) is 1. The smallest absolute Gasteiger partial charge is 0.00142 e. The molecule has 0 saturated heterocycles. The lowest BCUT2D eigenvalue weighted by molar-refractivity contribution is 0.677. The Morgan fingerprint density at radius 3 is 3.00 bits per heavy atom. The molecule has 0 aromatic heterocycles. The topological polar surface area (TPSA) is 12.0 Å². The minimum Gasteiger partial charge on any atom is -0.316 e. The van der Waals surface area contributed by atoms with Gasteiger partial charge in [0, 0.05) is 0 Å². The fourth-order valence-corrected chi connectivity index (χ4v) is 1.74. The Balaban J connectivity index is 2.04. The number of rotatable bonds is 6. The molecule has 0 amide bonds. The minimum absolute atomic E-state index is 1.12. The Labute approximate surface area is 88.3 Å². The van der Waals surface area contributed by atoms with Crippen molar-refractivity contribution in [2.24, 2.45) is 0 Å². The van der Waals surface area contributed by atoms with E-state index in [-0.39, 0.29) is 0 Å². The van der Waals surface area contributed by atoms with E-state index in [1.54, 1.807) is 5.57 Å². The first-order valence-corrected chi connectivity index (χ1v) is 5.99. The van der Waals surface area contributed by atoms with Crippen LogP contribution in [0.1, 0.15) is 45.4 Å². The molecule has 0 atom stereocenters. The van der Waals surface area contributed by atoms with Gasteiger partial charge in [-0.1, -0.05) is 30.7 Å². The van der Waals surface area contributed by atoms with Crippen LogP contribution in [0.3, 0.4) is 0 Å². The van der Waals surface area contributed by atoms with Crippen LogP contribution in [0.15, 0.2) is 23.8 Å². The van der Waals surface area contributed by atoms with Crippen LogP contribution in [0.4, 0.5) is 0 Å². The molecule has 1 rings (SSSR count). The molecule has 0 aliphatic heterocycles. The van der Waals surface area contributed by atoms with Crippen LogP contribution in [0.5, 0.6) is 0 Å². The van der Waals surface area contributed by atoms with E-state index >= 15 is 0 Å². The minimum atomic E-state index is 1.12. The first-order valence-electron chi connectivity index (χ1n) is 5.99. The highest BCUT2D eigenvalue weighted by Crippen LogP contribution is 2.17. The van der Waals surface area contributed by atoms with Crippen LogP contribution in [-0.4, -0.2) is 13.1 Å². The molecular formula is C13H23N. The van der Waals surface area contributed by atoms with Gasteiger partial charge in [0.1, 0.15) is 0 Å². The van der Waals surface area contributed by atoms with E-state index in [0.29, 0.717) is 0 Å². The predicted molar refractivity (Wildman–Crippen MR) is 63.5 cm³/mol. The van der Waals surface area contributed by atoms with Gasteiger partial charge in [-0.3, -0.25) is 0 Å². The zero-order valence-corrected chi connectivity index (χ0v) is 9.39. The molecule has 0 bridgehead atoms. The second-order valence-corrected chi connectivity index (χ2v) is 3.97. The quantitative estimate of drug-likeness (QED) is 0.637. The molecule has 0 saturated carbocycles. The highest BCUT2D eigenvalue weighted by atomic mass is 14.8. The maximum atomic E-state index is 3.40. The van der Waals surface area contributed by atoms with Crippen molar-refractivity contribution in [1.82, 2.24) is 5.32 Å². The molecule has 80 valence electrons. The molecule has 0 aromatic carbocycles. The van der Waals surface area contributed by atoms with Crippen molar-refractivity contribution in [1.29, 1.82) is 0 Å². The summed E-state index contributed by atoms with van der Waals surface area (Å²) in [6, 6.07) is 0. The Hall–Kier alpha value is -0.560. The summed E-state index contributed by atoms with van der Waals surface area (Å²) in [7, 11) is 0. The van der Waals surface area contributed by atoms with E-state index in [9.17, 15) is 0 Å². The molecule has 0 heterocycles. The number of nitrogens with one attached hydrogen (secondary N) is 1. The largest absolute Gasteiger partial charge is 0.316 e. The van der Waals surface area contributed by atoms with E-state index in [1.165, 1.54) is 32.1 Å². The van der Waals surface area contributed by atoms with E-state index in [2.05, 4.69) is 30.5 Å². The first-order chi connectivity index (χ1) is 6.93. The fourth-order valence-electron chi connectivity index (χ4n) is 1.74. The van der Waals surface area contributed by atoms with Crippen LogP contribution >= 0.6 is 0 Å². The monoisotopic (exact) mass is 193 g/mol. The molecule has 0 aromatic rings. The molecule has 0 fully saturated rings. The predicted octanol–water partition coefficient (Wildman–Crippen LogP) is 3.43. The Bertz CT molecular complexity index is 191. The first kappa shape index (κ1) is 11.5. The molecule has 1 nitrogen and oxygen atoms in total. The van der Waals surface area contributed by atoms with E-state index in [4.69, 9.17) is 0 Å². The van der Waals surface area contributed by atoms with E-state index in [1.807, 2.05) is 0 Å². The standard InChI is InChI=1S/C13H23N/c1-2-11-14-12-7-6-10-13-8-4-3-5-9-13/h6,8,10,14H,2-5,7,9,11-12H2,1H3/b10-6+. The third-order valence-corrected chi connectivity index (χ3v) is 2.57. The van der Waals surface area contributed by atoms with Crippen LogP contribution in [0, 0.1) is 0 Å². The lowest BCUT2D eigenvalue weighted by atomic mass is 9.99. The van der Waals surface area contributed by atoms with Gasteiger partial charge in [-0.25, -0.2) is 0 Å². The normalized spacial score (nSPS) is 17.4. The highest BCUT2D eigenvalue weighted by Gasteiger charge is 1.98. The molecule has 0 spiro atoms. The van der Waals surface area contributed by atoms with Crippen molar-refractivity contribution in [3.63, 3.8) is 0 Å². The van der Waals surface area contributed by atoms with Gasteiger partial charge in [0.2, 0.25) is 0 Å². The SMILES string of the molecule is CCCNCC/C=C/C1=CCCCC1. The van der Waals surface area contributed by atoms with Crippen molar-refractivity contribution >= 4 is 0 Å². The lowest BCUT2D eigenvalue weighted by Crippen LogP contribution is -2.15. The zero-order chi connectivity index (χ0) is 10.1. The van der Waals surface area contributed by atoms with Crippen LogP contribution in [-0.2, 0) is 0 Å². The third-order valence-electron chi connectivity index (χ3n) is 2.57. The summed E-state index contributed by atoms with van der Waals surface area (Å²) in [6.07, 6.45) is 14.7. The Kier molecular flexibility index (Phi) is 6.42. The highest BCUT2D eigenvalue weighted by molar-refractivity contribution is 5.19. The number of allylic oxidation sites excluding steroid dienone is 3. The van der Waals surface area contributed by atoms with Crippen molar-refractivity contribution in [2.75, 3.05) is 13.1 Å². The van der Waals surface area contributed by atoms with Gasteiger partial charge >= 0.3 is 0 Å². The summed E-state index contributed by atoms with van der Waals surface area (Å²) in [5.74, 6) is 0. The maximum absolute atomic E-state index is 3.40. The van der Waals surface area contributed by atoms with Gasteiger partial charge in [-0.05, 0) is 51.6 Å². The second-order valence-electron chi connectivity index (χ2n) is 3.97. The summed E-state index contributed by atoms with van der Waals surface area (Å²) in [4.78, 5) is 0. The molecule has 0 unspecified atom stereocenters. The van der Waals surface area contributed by atoms with Crippen molar-refractivity contribution in [3.05, 3.63) is 23.8 Å². The molecule has 1 aliphatic carbocycles. The molecule has 1 heteroatoms. The van der Waals surface area contributed by atoms with Gasteiger partial charge in [0.25, 0.3) is 0 Å².